The average molecular weight is 551 g/mol. The Hall–Kier alpha value is -4.69. The lowest BCUT2D eigenvalue weighted by Crippen LogP contribution is -2.30. The third-order valence-electron chi connectivity index (χ3n) is 6.03. The SMILES string of the molecule is Cc1cccc(C)c1NC(=O)C(C)Sc1cccc(NC(=O)/C(=C/c2cccnc2)NC(=O)c2ccccc2)c1. The highest BCUT2D eigenvalue weighted by molar-refractivity contribution is 8.00. The third-order valence-corrected chi connectivity index (χ3v) is 7.12. The van der Waals surface area contributed by atoms with Crippen LogP contribution in [0.3, 0.4) is 0 Å². The fraction of sp³-hybridized carbons (Fsp3) is 0.125. The number of nitrogens with one attached hydrogen (secondary N) is 3. The van der Waals surface area contributed by atoms with Crippen molar-refractivity contribution in [1.29, 1.82) is 0 Å². The molecule has 3 N–H and O–H groups in total. The number of carbonyl (C=O) groups is 3. The van der Waals surface area contributed by atoms with E-state index in [1.807, 2.05) is 51.1 Å². The van der Waals surface area contributed by atoms with Gasteiger partial charge >= 0.3 is 0 Å². The fourth-order valence-corrected chi connectivity index (χ4v) is 4.84. The Morgan fingerprint density at radius 1 is 0.850 bits per heavy atom. The Morgan fingerprint density at radius 3 is 2.27 bits per heavy atom. The molecule has 1 unspecified atom stereocenters. The summed E-state index contributed by atoms with van der Waals surface area (Å²) in [6.07, 6.45) is 4.80. The molecule has 3 amide bonds. The molecule has 0 aliphatic carbocycles. The first kappa shape index (κ1) is 28.3. The number of carbonyl (C=O) groups excluding carboxylic acids is 3. The van der Waals surface area contributed by atoms with E-state index in [1.165, 1.54) is 11.8 Å². The Morgan fingerprint density at radius 2 is 1.57 bits per heavy atom. The average Bonchev–Trinajstić information content (AvgIpc) is 2.95. The zero-order valence-electron chi connectivity index (χ0n) is 22.5. The van der Waals surface area contributed by atoms with Crippen molar-refractivity contribution in [3.63, 3.8) is 0 Å². The van der Waals surface area contributed by atoms with Crippen LogP contribution in [0.2, 0.25) is 0 Å². The molecule has 3 aromatic carbocycles. The lowest BCUT2D eigenvalue weighted by atomic mass is 10.1. The van der Waals surface area contributed by atoms with Crippen molar-refractivity contribution in [1.82, 2.24) is 10.3 Å². The molecule has 40 heavy (non-hydrogen) atoms. The largest absolute Gasteiger partial charge is 0.325 e. The molecule has 0 spiro atoms. The van der Waals surface area contributed by atoms with Gasteiger partial charge in [-0.25, -0.2) is 0 Å². The van der Waals surface area contributed by atoms with Gasteiger partial charge in [-0.05, 0) is 79.9 Å². The molecular formula is C32H30N4O3S. The normalized spacial score (nSPS) is 11.8. The van der Waals surface area contributed by atoms with E-state index in [-0.39, 0.29) is 16.9 Å². The summed E-state index contributed by atoms with van der Waals surface area (Å²) in [5.74, 6) is -1.00. The first-order valence-electron chi connectivity index (χ1n) is 12.7. The topological polar surface area (TPSA) is 100 Å². The number of rotatable bonds is 9. The molecule has 8 heteroatoms. The molecule has 7 nitrogen and oxygen atoms in total. The van der Waals surface area contributed by atoms with E-state index in [2.05, 4.69) is 20.9 Å². The molecule has 1 aromatic heterocycles. The summed E-state index contributed by atoms with van der Waals surface area (Å²) in [7, 11) is 0. The van der Waals surface area contributed by atoms with E-state index in [0.29, 0.717) is 16.8 Å². The van der Waals surface area contributed by atoms with Crippen molar-refractivity contribution in [2.45, 2.75) is 30.9 Å². The molecule has 1 heterocycles. The van der Waals surface area contributed by atoms with Crippen LogP contribution >= 0.6 is 11.8 Å². The lowest BCUT2D eigenvalue weighted by Gasteiger charge is -2.16. The molecular weight excluding hydrogens is 520 g/mol. The van der Waals surface area contributed by atoms with E-state index in [9.17, 15) is 14.4 Å². The van der Waals surface area contributed by atoms with Crippen molar-refractivity contribution in [3.05, 3.63) is 125 Å². The molecule has 0 saturated carbocycles. The smallest absolute Gasteiger partial charge is 0.272 e. The first-order valence-corrected chi connectivity index (χ1v) is 13.6. The monoisotopic (exact) mass is 550 g/mol. The molecule has 0 saturated heterocycles. The molecule has 0 fully saturated rings. The van der Waals surface area contributed by atoms with Crippen LogP contribution in [0.25, 0.3) is 6.08 Å². The van der Waals surface area contributed by atoms with Gasteiger partial charge in [0, 0.05) is 34.2 Å². The molecule has 0 bridgehead atoms. The number of para-hydroxylation sites is 1. The van der Waals surface area contributed by atoms with E-state index in [1.54, 1.807) is 73.1 Å². The quantitative estimate of drug-likeness (QED) is 0.170. The number of benzene rings is 3. The van der Waals surface area contributed by atoms with Gasteiger partial charge in [-0.3, -0.25) is 19.4 Å². The van der Waals surface area contributed by atoms with E-state index in [4.69, 9.17) is 0 Å². The number of amides is 3. The number of thioether (sulfide) groups is 1. The molecule has 0 aliphatic heterocycles. The van der Waals surface area contributed by atoms with Gasteiger partial charge < -0.3 is 16.0 Å². The number of nitrogens with zero attached hydrogens (tertiary/aromatic N) is 1. The van der Waals surface area contributed by atoms with Crippen molar-refractivity contribution in [2.75, 3.05) is 10.6 Å². The van der Waals surface area contributed by atoms with Gasteiger partial charge in [-0.2, -0.15) is 0 Å². The minimum Gasteiger partial charge on any atom is -0.325 e. The number of hydrogen-bond donors (Lipinski definition) is 3. The maximum Gasteiger partial charge on any atom is 0.272 e. The maximum absolute atomic E-state index is 13.3. The lowest BCUT2D eigenvalue weighted by molar-refractivity contribution is -0.115. The predicted molar refractivity (Wildman–Crippen MR) is 161 cm³/mol. The van der Waals surface area contributed by atoms with Gasteiger partial charge in [-0.15, -0.1) is 11.8 Å². The number of aromatic nitrogens is 1. The summed E-state index contributed by atoms with van der Waals surface area (Å²) in [6, 6.07) is 25.3. The van der Waals surface area contributed by atoms with Gasteiger partial charge in [0.05, 0.1) is 5.25 Å². The molecule has 1 atom stereocenters. The Balaban J connectivity index is 1.47. The Kier molecular flexibility index (Phi) is 9.48. The van der Waals surface area contributed by atoms with Crippen LogP contribution in [0.15, 0.2) is 108 Å². The van der Waals surface area contributed by atoms with Gasteiger partial charge in [0.2, 0.25) is 5.91 Å². The number of aryl methyl sites for hydroxylation is 2. The van der Waals surface area contributed by atoms with Gasteiger partial charge in [0.25, 0.3) is 11.8 Å². The minimum absolute atomic E-state index is 0.0706. The number of pyridine rings is 1. The minimum atomic E-state index is -0.490. The summed E-state index contributed by atoms with van der Waals surface area (Å²) < 4.78 is 0. The third kappa shape index (κ3) is 7.68. The second-order valence-electron chi connectivity index (χ2n) is 9.16. The van der Waals surface area contributed by atoms with E-state index in [0.717, 1.165) is 21.7 Å². The van der Waals surface area contributed by atoms with Crippen LogP contribution in [-0.4, -0.2) is 28.0 Å². The number of hydrogen-bond acceptors (Lipinski definition) is 5. The van der Waals surface area contributed by atoms with Gasteiger partial charge in [-0.1, -0.05) is 48.5 Å². The van der Waals surface area contributed by atoms with Crippen molar-refractivity contribution >= 4 is 46.9 Å². The molecule has 0 aliphatic rings. The summed E-state index contributed by atoms with van der Waals surface area (Å²) in [5.41, 5.74) is 4.53. The summed E-state index contributed by atoms with van der Waals surface area (Å²) in [4.78, 5) is 43.9. The zero-order chi connectivity index (χ0) is 28.5. The van der Waals surface area contributed by atoms with Crippen LogP contribution in [0.5, 0.6) is 0 Å². The molecule has 0 radical (unpaired) electrons. The van der Waals surface area contributed by atoms with Crippen LogP contribution in [0.1, 0.15) is 34.0 Å². The van der Waals surface area contributed by atoms with E-state index >= 15 is 0 Å². The summed E-state index contributed by atoms with van der Waals surface area (Å²) >= 11 is 1.39. The van der Waals surface area contributed by atoms with Crippen LogP contribution in [0, 0.1) is 13.8 Å². The van der Waals surface area contributed by atoms with Crippen LogP contribution < -0.4 is 16.0 Å². The molecule has 4 rings (SSSR count). The Bertz CT molecular complexity index is 1520. The summed E-state index contributed by atoms with van der Waals surface area (Å²) in [5, 5.41) is 8.23. The highest BCUT2D eigenvalue weighted by atomic mass is 32.2. The first-order chi connectivity index (χ1) is 19.3. The Labute approximate surface area is 238 Å². The van der Waals surface area contributed by atoms with Crippen molar-refractivity contribution in [2.24, 2.45) is 0 Å². The van der Waals surface area contributed by atoms with Gasteiger partial charge in [0.15, 0.2) is 0 Å². The van der Waals surface area contributed by atoms with Crippen LogP contribution in [0.4, 0.5) is 11.4 Å². The highest BCUT2D eigenvalue weighted by Crippen LogP contribution is 2.28. The number of anilines is 2. The fourth-order valence-electron chi connectivity index (χ4n) is 3.91. The summed E-state index contributed by atoms with van der Waals surface area (Å²) in [6.45, 7) is 5.77. The van der Waals surface area contributed by atoms with Crippen LogP contribution in [-0.2, 0) is 9.59 Å². The highest BCUT2D eigenvalue weighted by Gasteiger charge is 2.18. The molecule has 4 aromatic rings. The van der Waals surface area contributed by atoms with Gasteiger partial charge in [0.1, 0.15) is 5.70 Å². The standard InChI is InChI=1S/C32H30N4O3S/c1-21-10-7-11-22(2)29(21)36-30(37)23(3)40-27-16-8-15-26(19-27)34-32(39)28(18-24-12-9-17-33-20-24)35-31(38)25-13-5-4-6-14-25/h4-20,23H,1-3H3,(H,34,39)(H,35,38)(H,36,37)/b28-18-. The molecule has 202 valence electrons. The maximum atomic E-state index is 13.3. The second kappa shape index (κ2) is 13.4. The van der Waals surface area contributed by atoms with Crippen molar-refractivity contribution in [3.8, 4) is 0 Å². The van der Waals surface area contributed by atoms with E-state index < -0.39 is 11.8 Å². The van der Waals surface area contributed by atoms with Crippen molar-refractivity contribution < 1.29 is 14.4 Å². The predicted octanol–water partition coefficient (Wildman–Crippen LogP) is 6.23. The second-order valence-corrected chi connectivity index (χ2v) is 10.6. The zero-order valence-corrected chi connectivity index (χ0v) is 23.3.